The van der Waals surface area contributed by atoms with Crippen LogP contribution in [0.4, 0.5) is 0 Å². The molecular formula is C16H27N3O2S. The van der Waals surface area contributed by atoms with Crippen molar-refractivity contribution in [1.82, 2.24) is 10.6 Å². The van der Waals surface area contributed by atoms with Crippen LogP contribution in [0.15, 0.2) is 28.1 Å². The predicted molar refractivity (Wildman–Crippen MR) is 92.0 cm³/mol. The average molecular weight is 325 g/mol. The third kappa shape index (κ3) is 6.05. The Labute approximate surface area is 134 Å². The van der Waals surface area contributed by atoms with E-state index < -0.39 is 9.84 Å². The molecule has 0 heterocycles. The summed E-state index contributed by atoms with van der Waals surface area (Å²) in [5.74, 6) is 0.792. The molecule has 0 atom stereocenters. The molecular weight excluding hydrogens is 298 g/mol. The molecule has 6 heteroatoms. The van der Waals surface area contributed by atoms with Gasteiger partial charge in [0.15, 0.2) is 15.8 Å². The summed E-state index contributed by atoms with van der Waals surface area (Å²) in [6, 6.07) is 5.37. The van der Waals surface area contributed by atoms with Crippen molar-refractivity contribution in [3.05, 3.63) is 29.3 Å². The summed E-state index contributed by atoms with van der Waals surface area (Å²) in [6.07, 6.45) is 3.47. The molecule has 2 N–H and O–H groups in total. The largest absolute Gasteiger partial charge is 0.357 e. The van der Waals surface area contributed by atoms with Crippen LogP contribution in [-0.4, -0.2) is 33.7 Å². The Hall–Kier alpha value is -1.56. The zero-order chi connectivity index (χ0) is 16.6. The van der Waals surface area contributed by atoms with E-state index in [4.69, 9.17) is 0 Å². The van der Waals surface area contributed by atoms with Gasteiger partial charge in [0.2, 0.25) is 0 Å². The highest BCUT2D eigenvalue weighted by Crippen LogP contribution is 2.17. The molecule has 0 aliphatic carbocycles. The molecule has 0 aliphatic heterocycles. The highest BCUT2D eigenvalue weighted by molar-refractivity contribution is 7.90. The van der Waals surface area contributed by atoms with Crippen LogP contribution in [0, 0.1) is 6.92 Å². The Bertz CT molecular complexity index is 610. The maximum atomic E-state index is 11.6. The number of hydrogen-bond donors (Lipinski definition) is 2. The summed E-state index contributed by atoms with van der Waals surface area (Å²) in [5.41, 5.74) is 1.76. The quantitative estimate of drug-likeness (QED) is 0.458. The number of nitrogens with one attached hydrogen (secondary N) is 2. The molecule has 0 unspecified atom stereocenters. The molecule has 0 aromatic heterocycles. The first kappa shape index (κ1) is 18.5. The van der Waals surface area contributed by atoms with Crippen LogP contribution < -0.4 is 10.6 Å². The second-order valence-electron chi connectivity index (χ2n) is 5.35. The van der Waals surface area contributed by atoms with Crippen molar-refractivity contribution in [1.29, 1.82) is 0 Å². The first-order valence-corrected chi connectivity index (χ1v) is 9.59. The Morgan fingerprint density at radius 1 is 1.23 bits per heavy atom. The van der Waals surface area contributed by atoms with E-state index in [1.54, 1.807) is 6.07 Å². The summed E-state index contributed by atoms with van der Waals surface area (Å²) in [7, 11) is -3.17. The van der Waals surface area contributed by atoms with Gasteiger partial charge in [0, 0.05) is 19.3 Å². The van der Waals surface area contributed by atoms with Crippen molar-refractivity contribution in [3.63, 3.8) is 0 Å². The normalized spacial score (nSPS) is 12.3. The molecule has 0 saturated carbocycles. The summed E-state index contributed by atoms with van der Waals surface area (Å²) >= 11 is 0. The topological polar surface area (TPSA) is 70.6 Å². The van der Waals surface area contributed by atoms with Crippen molar-refractivity contribution in [2.75, 3.05) is 19.3 Å². The van der Waals surface area contributed by atoms with Gasteiger partial charge in [-0.3, -0.25) is 0 Å². The van der Waals surface area contributed by atoms with Crippen molar-refractivity contribution in [2.24, 2.45) is 4.99 Å². The van der Waals surface area contributed by atoms with Gasteiger partial charge in [0.05, 0.1) is 11.4 Å². The third-order valence-electron chi connectivity index (χ3n) is 3.23. The molecule has 1 aromatic rings. The monoisotopic (exact) mass is 325 g/mol. The second kappa shape index (κ2) is 8.78. The number of guanidine groups is 1. The van der Waals surface area contributed by atoms with Gasteiger partial charge in [0.1, 0.15) is 0 Å². The van der Waals surface area contributed by atoms with Crippen molar-refractivity contribution in [3.8, 4) is 0 Å². The number of hydrogen-bond acceptors (Lipinski definition) is 3. The molecule has 0 spiro atoms. The molecule has 0 fully saturated rings. The number of benzene rings is 1. The Morgan fingerprint density at radius 3 is 2.50 bits per heavy atom. The first-order chi connectivity index (χ1) is 10.4. The standard InChI is InChI=1S/C16H27N3O2S/c1-5-7-10-18-16(17-6-2)19-12-14-8-9-15(13(3)11-14)22(4,20)21/h8-9,11H,5-7,10,12H2,1-4H3,(H2,17,18,19). The number of aliphatic imine (C=N–C) groups is 1. The van der Waals surface area contributed by atoms with Gasteiger partial charge < -0.3 is 10.6 Å². The van der Waals surface area contributed by atoms with E-state index in [0.29, 0.717) is 11.4 Å². The van der Waals surface area contributed by atoms with E-state index in [-0.39, 0.29) is 0 Å². The van der Waals surface area contributed by atoms with E-state index in [0.717, 1.165) is 43.0 Å². The average Bonchev–Trinajstić information content (AvgIpc) is 2.43. The maximum Gasteiger partial charge on any atom is 0.191 e. The van der Waals surface area contributed by atoms with Crippen LogP contribution in [0.1, 0.15) is 37.8 Å². The number of rotatable bonds is 7. The highest BCUT2D eigenvalue weighted by atomic mass is 32.2. The van der Waals surface area contributed by atoms with Gasteiger partial charge >= 0.3 is 0 Å². The molecule has 0 bridgehead atoms. The van der Waals surface area contributed by atoms with Crippen LogP contribution >= 0.6 is 0 Å². The lowest BCUT2D eigenvalue weighted by molar-refractivity contribution is 0.601. The SMILES string of the molecule is CCCCNC(=NCc1ccc(S(C)(=O)=O)c(C)c1)NCC. The van der Waals surface area contributed by atoms with Gasteiger partial charge in [-0.2, -0.15) is 0 Å². The molecule has 22 heavy (non-hydrogen) atoms. The van der Waals surface area contributed by atoms with Gasteiger partial charge in [-0.05, 0) is 37.5 Å². The predicted octanol–water partition coefficient (Wildman–Crippen LogP) is 2.25. The molecule has 0 radical (unpaired) electrons. The number of nitrogens with zero attached hydrogens (tertiary/aromatic N) is 1. The van der Waals surface area contributed by atoms with Crippen LogP contribution in [0.25, 0.3) is 0 Å². The van der Waals surface area contributed by atoms with Gasteiger partial charge in [-0.15, -0.1) is 0 Å². The Balaban J connectivity index is 2.79. The van der Waals surface area contributed by atoms with Crippen molar-refractivity contribution < 1.29 is 8.42 Å². The van der Waals surface area contributed by atoms with Gasteiger partial charge in [-0.25, -0.2) is 13.4 Å². The number of aryl methyl sites for hydroxylation is 1. The summed E-state index contributed by atoms with van der Waals surface area (Å²) < 4.78 is 23.2. The zero-order valence-corrected chi connectivity index (χ0v) is 14.8. The van der Waals surface area contributed by atoms with Crippen LogP contribution in [0.5, 0.6) is 0 Å². The van der Waals surface area contributed by atoms with Crippen LogP contribution in [0.3, 0.4) is 0 Å². The lowest BCUT2D eigenvalue weighted by Gasteiger charge is -2.11. The second-order valence-corrected chi connectivity index (χ2v) is 7.33. The minimum atomic E-state index is -3.17. The van der Waals surface area contributed by atoms with Crippen LogP contribution in [-0.2, 0) is 16.4 Å². The third-order valence-corrected chi connectivity index (χ3v) is 4.48. The molecule has 0 amide bonds. The summed E-state index contributed by atoms with van der Waals surface area (Å²) in [6.45, 7) is 8.22. The molecule has 5 nitrogen and oxygen atoms in total. The minimum absolute atomic E-state index is 0.383. The molecule has 1 rings (SSSR count). The molecule has 0 aliphatic rings. The maximum absolute atomic E-state index is 11.6. The Morgan fingerprint density at radius 2 is 1.95 bits per heavy atom. The lowest BCUT2D eigenvalue weighted by atomic mass is 10.1. The summed E-state index contributed by atoms with van der Waals surface area (Å²) in [4.78, 5) is 4.92. The fraction of sp³-hybridized carbons (Fsp3) is 0.562. The van der Waals surface area contributed by atoms with E-state index in [1.165, 1.54) is 6.26 Å². The lowest BCUT2D eigenvalue weighted by Crippen LogP contribution is -2.37. The number of sulfone groups is 1. The van der Waals surface area contributed by atoms with Gasteiger partial charge in [-0.1, -0.05) is 25.5 Å². The van der Waals surface area contributed by atoms with Gasteiger partial charge in [0.25, 0.3) is 0 Å². The van der Waals surface area contributed by atoms with E-state index in [2.05, 4.69) is 22.5 Å². The smallest absolute Gasteiger partial charge is 0.191 e. The number of unbranched alkanes of at least 4 members (excludes halogenated alkanes) is 1. The van der Waals surface area contributed by atoms with E-state index in [9.17, 15) is 8.42 Å². The van der Waals surface area contributed by atoms with Crippen LogP contribution in [0.2, 0.25) is 0 Å². The fourth-order valence-corrected chi connectivity index (χ4v) is 3.08. The molecule has 124 valence electrons. The zero-order valence-electron chi connectivity index (χ0n) is 13.9. The van der Waals surface area contributed by atoms with E-state index >= 15 is 0 Å². The molecule has 0 saturated heterocycles. The minimum Gasteiger partial charge on any atom is -0.357 e. The first-order valence-electron chi connectivity index (χ1n) is 7.70. The van der Waals surface area contributed by atoms with Crippen molar-refractivity contribution >= 4 is 15.8 Å². The highest BCUT2D eigenvalue weighted by Gasteiger charge is 2.10. The van der Waals surface area contributed by atoms with E-state index in [1.807, 2.05) is 26.0 Å². The van der Waals surface area contributed by atoms with Crippen molar-refractivity contribution in [2.45, 2.75) is 45.1 Å². The summed E-state index contributed by atoms with van der Waals surface area (Å²) in [5, 5.41) is 6.49. The fourth-order valence-electron chi connectivity index (χ4n) is 2.12. The Kier molecular flexibility index (Phi) is 7.38. The molecule has 1 aromatic carbocycles.